The molecule has 0 spiro atoms. The van der Waals surface area contributed by atoms with Gasteiger partial charge in [0.25, 0.3) is 0 Å². The van der Waals surface area contributed by atoms with Crippen LogP contribution in [0.4, 0.5) is 0 Å². The summed E-state index contributed by atoms with van der Waals surface area (Å²) in [6.07, 6.45) is 2.95. The second-order valence-electron chi connectivity index (χ2n) is 5.41. The van der Waals surface area contributed by atoms with Crippen molar-refractivity contribution < 1.29 is 0 Å². The van der Waals surface area contributed by atoms with Gasteiger partial charge >= 0.3 is 0 Å². The highest BCUT2D eigenvalue weighted by Crippen LogP contribution is 2.26. The summed E-state index contributed by atoms with van der Waals surface area (Å²) in [5.74, 6) is 1.01. The highest BCUT2D eigenvalue weighted by molar-refractivity contribution is 9.10. The number of imidazole rings is 1. The molecule has 114 valence electrons. The van der Waals surface area contributed by atoms with Crippen LogP contribution in [-0.2, 0) is 0 Å². The fourth-order valence-corrected chi connectivity index (χ4v) is 3.10. The fourth-order valence-electron chi connectivity index (χ4n) is 2.73. The van der Waals surface area contributed by atoms with Gasteiger partial charge in [-0.15, -0.1) is 0 Å². The Hall–Kier alpha value is -1.65. The molecule has 2 N–H and O–H groups in total. The van der Waals surface area contributed by atoms with Gasteiger partial charge in [0.2, 0.25) is 0 Å². The van der Waals surface area contributed by atoms with E-state index in [0.717, 1.165) is 29.0 Å². The first kappa shape index (κ1) is 15.3. The Balaban J connectivity index is 1.94. The Morgan fingerprint density at radius 2 is 1.91 bits per heavy atom. The topological polar surface area (TPSA) is 40.7 Å². The molecule has 1 aromatic heterocycles. The lowest BCUT2D eigenvalue weighted by Gasteiger charge is -2.12. The first-order valence-corrected chi connectivity index (χ1v) is 8.48. The van der Waals surface area contributed by atoms with E-state index in [1.807, 2.05) is 6.20 Å². The number of fused-ring (bicyclic) bond motifs is 1. The number of rotatable bonds is 5. The van der Waals surface area contributed by atoms with Gasteiger partial charge in [-0.2, -0.15) is 0 Å². The van der Waals surface area contributed by atoms with Crippen molar-refractivity contribution in [3.8, 4) is 11.3 Å². The third kappa shape index (κ3) is 3.08. The lowest BCUT2D eigenvalue weighted by molar-refractivity contribution is 0.515. The van der Waals surface area contributed by atoms with E-state index in [1.54, 1.807) is 0 Å². The molecule has 22 heavy (non-hydrogen) atoms. The number of nitrogens with one attached hydrogen (secondary N) is 2. The Kier molecular flexibility index (Phi) is 4.60. The van der Waals surface area contributed by atoms with Crippen LogP contribution in [0.5, 0.6) is 0 Å². The molecule has 2 aromatic carbocycles. The number of halogens is 1. The summed E-state index contributed by atoms with van der Waals surface area (Å²) in [5, 5.41) is 5.92. The third-order valence-corrected chi connectivity index (χ3v) is 4.39. The molecule has 0 aliphatic rings. The standard InChI is InChI=1S/C18H20BrN3/c1-3-16(20-4-2)18-21-11-17(22-18)14-6-5-13-10-15(19)8-7-12(13)9-14/h5-11,16,20H,3-4H2,1-2H3,(H,21,22)/t16-/m0/s1. The predicted molar refractivity (Wildman–Crippen MR) is 95.9 cm³/mol. The van der Waals surface area contributed by atoms with E-state index in [9.17, 15) is 0 Å². The molecule has 4 heteroatoms. The van der Waals surface area contributed by atoms with E-state index in [4.69, 9.17) is 0 Å². The van der Waals surface area contributed by atoms with Crippen LogP contribution >= 0.6 is 15.9 Å². The smallest absolute Gasteiger partial charge is 0.123 e. The van der Waals surface area contributed by atoms with Gasteiger partial charge in [0, 0.05) is 10.0 Å². The van der Waals surface area contributed by atoms with Gasteiger partial charge in [0.05, 0.1) is 17.9 Å². The van der Waals surface area contributed by atoms with Gasteiger partial charge in [0.15, 0.2) is 0 Å². The zero-order valence-electron chi connectivity index (χ0n) is 12.9. The lowest BCUT2D eigenvalue weighted by atomic mass is 10.1. The minimum absolute atomic E-state index is 0.287. The number of benzene rings is 2. The SMILES string of the molecule is CCN[C@@H](CC)c1ncc(-c2ccc3cc(Br)ccc3c2)[nH]1. The normalized spacial score (nSPS) is 12.7. The summed E-state index contributed by atoms with van der Waals surface area (Å²) in [6.45, 7) is 5.23. The van der Waals surface area contributed by atoms with E-state index < -0.39 is 0 Å². The van der Waals surface area contributed by atoms with Gasteiger partial charge in [0.1, 0.15) is 5.82 Å². The molecule has 0 aliphatic heterocycles. The van der Waals surface area contributed by atoms with Crippen molar-refractivity contribution >= 4 is 26.7 Å². The van der Waals surface area contributed by atoms with Crippen LogP contribution in [0.2, 0.25) is 0 Å². The molecule has 1 heterocycles. The van der Waals surface area contributed by atoms with Crippen LogP contribution in [0, 0.1) is 0 Å². The van der Waals surface area contributed by atoms with E-state index >= 15 is 0 Å². The third-order valence-electron chi connectivity index (χ3n) is 3.90. The molecule has 1 atom stereocenters. The van der Waals surface area contributed by atoms with Crippen LogP contribution < -0.4 is 5.32 Å². The molecule has 3 nitrogen and oxygen atoms in total. The van der Waals surface area contributed by atoms with Crippen molar-refractivity contribution in [3.63, 3.8) is 0 Å². The van der Waals surface area contributed by atoms with Crippen molar-refractivity contribution in [2.75, 3.05) is 6.54 Å². The van der Waals surface area contributed by atoms with Gasteiger partial charge in [-0.1, -0.05) is 48.0 Å². The van der Waals surface area contributed by atoms with Crippen molar-refractivity contribution in [3.05, 3.63) is 52.9 Å². The van der Waals surface area contributed by atoms with Crippen LogP contribution in [0.1, 0.15) is 32.1 Å². The number of hydrogen-bond donors (Lipinski definition) is 2. The Morgan fingerprint density at radius 3 is 2.68 bits per heavy atom. The monoisotopic (exact) mass is 357 g/mol. The van der Waals surface area contributed by atoms with Gasteiger partial charge in [-0.05, 0) is 41.9 Å². The van der Waals surface area contributed by atoms with E-state index in [1.165, 1.54) is 16.3 Å². The summed E-state index contributed by atoms with van der Waals surface area (Å²) in [4.78, 5) is 8.01. The second-order valence-corrected chi connectivity index (χ2v) is 6.32. The minimum atomic E-state index is 0.287. The summed E-state index contributed by atoms with van der Waals surface area (Å²) in [6, 6.07) is 13.1. The summed E-state index contributed by atoms with van der Waals surface area (Å²) >= 11 is 3.51. The predicted octanol–water partition coefficient (Wildman–Crippen LogP) is 5.05. The maximum atomic E-state index is 4.55. The maximum Gasteiger partial charge on any atom is 0.123 e. The van der Waals surface area contributed by atoms with Crippen LogP contribution in [0.15, 0.2) is 47.1 Å². The Labute approximate surface area is 139 Å². The molecule has 0 amide bonds. The van der Waals surface area contributed by atoms with Crippen molar-refractivity contribution in [1.82, 2.24) is 15.3 Å². The molecular weight excluding hydrogens is 338 g/mol. The Morgan fingerprint density at radius 1 is 1.14 bits per heavy atom. The molecule has 0 aliphatic carbocycles. The molecule has 0 bridgehead atoms. The molecule has 0 saturated carbocycles. The minimum Gasteiger partial charge on any atom is -0.341 e. The largest absolute Gasteiger partial charge is 0.341 e. The van der Waals surface area contributed by atoms with Crippen LogP contribution in [0.25, 0.3) is 22.0 Å². The average molecular weight is 358 g/mol. The van der Waals surface area contributed by atoms with E-state index in [0.29, 0.717) is 0 Å². The molecule has 3 rings (SSSR count). The number of aromatic nitrogens is 2. The van der Waals surface area contributed by atoms with Gasteiger partial charge in [-0.25, -0.2) is 4.98 Å². The quantitative estimate of drug-likeness (QED) is 0.670. The number of aromatic amines is 1. The van der Waals surface area contributed by atoms with Crippen molar-refractivity contribution in [1.29, 1.82) is 0 Å². The first-order valence-electron chi connectivity index (χ1n) is 7.69. The number of nitrogens with zero attached hydrogens (tertiary/aromatic N) is 1. The van der Waals surface area contributed by atoms with E-state index in [2.05, 4.69) is 81.5 Å². The van der Waals surface area contributed by atoms with Crippen LogP contribution in [-0.4, -0.2) is 16.5 Å². The molecule has 0 fully saturated rings. The first-order chi connectivity index (χ1) is 10.7. The maximum absolute atomic E-state index is 4.55. The van der Waals surface area contributed by atoms with Gasteiger partial charge in [-0.3, -0.25) is 0 Å². The van der Waals surface area contributed by atoms with Crippen LogP contribution in [0.3, 0.4) is 0 Å². The fraction of sp³-hybridized carbons (Fsp3) is 0.278. The highest BCUT2D eigenvalue weighted by Gasteiger charge is 2.12. The number of hydrogen-bond acceptors (Lipinski definition) is 2. The summed E-state index contributed by atoms with van der Waals surface area (Å²) in [7, 11) is 0. The second kappa shape index (κ2) is 6.63. The highest BCUT2D eigenvalue weighted by atomic mass is 79.9. The average Bonchev–Trinajstić information content (AvgIpc) is 3.01. The molecule has 0 saturated heterocycles. The van der Waals surface area contributed by atoms with Crippen molar-refractivity contribution in [2.24, 2.45) is 0 Å². The molecule has 0 unspecified atom stereocenters. The summed E-state index contributed by atoms with van der Waals surface area (Å²) in [5.41, 5.74) is 2.23. The number of H-pyrrole nitrogens is 1. The molecule has 3 aromatic rings. The zero-order chi connectivity index (χ0) is 15.5. The van der Waals surface area contributed by atoms with Crippen molar-refractivity contribution in [2.45, 2.75) is 26.3 Å². The zero-order valence-corrected chi connectivity index (χ0v) is 14.4. The lowest BCUT2D eigenvalue weighted by Crippen LogP contribution is -2.21. The Bertz CT molecular complexity index is 779. The van der Waals surface area contributed by atoms with E-state index in [-0.39, 0.29) is 6.04 Å². The molecule has 0 radical (unpaired) electrons. The summed E-state index contributed by atoms with van der Waals surface area (Å²) < 4.78 is 1.10. The molecular formula is C18H20BrN3. The van der Waals surface area contributed by atoms with Gasteiger partial charge < -0.3 is 10.3 Å².